The van der Waals surface area contributed by atoms with Crippen molar-refractivity contribution in [1.82, 2.24) is 10.4 Å². The topological polar surface area (TPSA) is 41.3 Å². The smallest absolute Gasteiger partial charge is 0.0448 e. The van der Waals surface area contributed by atoms with Crippen LogP contribution in [0.25, 0.3) is 0 Å². The Morgan fingerprint density at radius 2 is 1.53 bits per heavy atom. The quantitative estimate of drug-likeness (QED) is 0.745. The Bertz CT molecular complexity index is 181. The highest BCUT2D eigenvalue weighted by atomic mass is 15.5. The van der Waals surface area contributed by atoms with Crippen molar-refractivity contribution in [2.75, 3.05) is 19.6 Å². The number of nitrogens with two attached hydrogens (primary N) is 1. The monoisotopic (exact) mass is 211 g/mol. The van der Waals surface area contributed by atoms with E-state index in [1.54, 1.807) is 0 Å². The summed E-state index contributed by atoms with van der Waals surface area (Å²) in [6.07, 6.45) is 10.7. The minimum Gasteiger partial charge on any atom is -0.329 e. The number of hydrazine groups is 1. The molecule has 2 rings (SSSR count). The van der Waals surface area contributed by atoms with Crippen LogP contribution in [-0.2, 0) is 0 Å². The second kappa shape index (κ2) is 5.28. The van der Waals surface area contributed by atoms with Crippen LogP contribution in [0.5, 0.6) is 0 Å². The summed E-state index contributed by atoms with van der Waals surface area (Å²) in [5, 5.41) is 2.42. The first-order valence-corrected chi connectivity index (χ1v) is 6.57. The number of rotatable bonds is 3. The molecule has 0 aromatic rings. The Morgan fingerprint density at radius 3 is 2.13 bits per heavy atom. The van der Waals surface area contributed by atoms with Crippen molar-refractivity contribution in [3.8, 4) is 0 Å². The highest BCUT2D eigenvalue weighted by Crippen LogP contribution is 2.28. The lowest BCUT2D eigenvalue weighted by molar-refractivity contribution is 0.0618. The van der Waals surface area contributed by atoms with Crippen molar-refractivity contribution in [2.24, 2.45) is 5.73 Å². The lowest BCUT2D eigenvalue weighted by Crippen LogP contribution is -2.60. The number of piperidine rings is 1. The van der Waals surface area contributed by atoms with Crippen molar-refractivity contribution in [2.45, 2.75) is 56.9 Å². The fourth-order valence-electron chi connectivity index (χ4n) is 2.93. The van der Waals surface area contributed by atoms with E-state index >= 15 is 0 Å². The van der Waals surface area contributed by atoms with Crippen LogP contribution in [0.1, 0.15) is 51.4 Å². The Balaban J connectivity index is 1.87. The zero-order valence-electron chi connectivity index (χ0n) is 9.80. The molecule has 3 N–H and O–H groups in total. The van der Waals surface area contributed by atoms with E-state index in [-0.39, 0.29) is 5.54 Å². The summed E-state index contributed by atoms with van der Waals surface area (Å²) in [6, 6.07) is 0. The molecule has 2 fully saturated rings. The van der Waals surface area contributed by atoms with Gasteiger partial charge in [0.2, 0.25) is 0 Å². The molecule has 3 heteroatoms. The molecule has 0 aromatic heterocycles. The van der Waals surface area contributed by atoms with E-state index in [9.17, 15) is 0 Å². The lowest BCUT2D eigenvalue weighted by atomic mass is 9.82. The van der Waals surface area contributed by atoms with Gasteiger partial charge in [0, 0.05) is 25.2 Å². The molecule has 1 saturated carbocycles. The summed E-state index contributed by atoms with van der Waals surface area (Å²) in [4.78, 5) is 0. The molecule has 88 valence electrons. The maximum atomic E-state index is 5.97. The van der Waals surface area contributed by atoms with Gasteiger partial charge < -0.3 is 5.73 Å². The molecule has 15 heavy (non-hydrogen) atoms. The molecule has 0 bridgehead atoms. The average Bonchev–Trinajstić information content (AvgIpc) is 2.32. The van der Waals surface area contributed by atoms with Crippen molar-refractivity contribution in [3.05, 3.63) is 0 Å². The lowest BCUT2D eigenvalue weighted by Gasteiger charge is -2.42. The molecule has 3 nitrogen and oxygen atoms in total. The second-order valence-electron chi connectivity index (χ2n) is 5.20. The molecule has 1 aliphatic carbocycles. The summed E-state index contributed by atoms with van der Waals surface area (Å²) in [5.74, 6) is 0. The van der Waals surface area contributed by atoms with E-state index in [0.717, 1.165) is 6.54 Å². The van der Waals surface area contributed by atoms with Crippen LogP contribution in [0.15, 0.2) is 0 Å². The SMILES string of the molecule is NCC1(NN2CCCCC2)CCCCC1. The Labute approximate surface area is 93.4 Å². The number of nitrogens with one attached hydrogen (secondary N) is 1. The number of hydrogen-bond donors (Lipinski definition) is 2. The minimum atomic E-state index is 0.232. The normalized spacial score (nSPS) is 27.8. The molecule has 0 unspecified atom stereocenters. The number of hydrogen-bond acceptors (Lipinski definition) is 3. The fourth-order valence-corrected chi connectivity index (χ4v) is 2.93. The largest absolute Gasteiger partial charge is 0.329 e. The minimum absolute atomic E-state index is 0.232. The van der Waals surface area contributed by atoms with Gasteiger partial charge in [0.25, 0.3) is 0 Å². The van der Waals surface area contributed by atoms with Crippen molar-refractivity contribution >= 4 is 0 Å². The van der Waals surface area contributed by atoms with Gasteiger partial charge in [-0.1, -0.05) is 25.7 Å². The molecule has 0 spiro atoms. The third kappa shape index (κ3) is 2.92. The van der Waals surface area contributed by atoms with Gasteiger partial charge in [-0.3, -0.25) is 0 Å². The van der Waals surface area contributed by atoms with Crippen LogP contribution in [0.3, 0.4) is 0 Å². The van der Waals surface area contributed by atoms with Crippen LogP contribution in [0.2, 0.25) is 0 Å². The predicted octanol–water partition coefficient (Wildman–Crippen LogP) is 1.64. The fraction of sp³-hybridized carbons (Fsp3) is 1.00. The van der Waals surface area contributed by atoms with Crippen LogP contribution in [0, 0.1) is 0 Å². The molecule has 0 radical (unpaired) electrons. The molecule has 1 heterocycles. The molecule has 0 atom stereocenters. The molecular formula is C12H25N3. The van der Waals surface area contributed by atoms with Crippen molar-refractivity contribution < 1.29 is 0 Å². The highest BCUT2D eigenvalue weighted by molar-refractivity contribution is 4.91. The zero-order chi connectivity index (χ0) is 10.6. The molecule has 0 amide bonds. The zero-order valence-corrected chi connectivity index (χ0v) is 9.80. The maximum absolute atomic E-state index is 5.97. The predicted molar refractivity (Wildman–Crippen MR) is 63.4 cm³/mol. The number of nitrogens with zero attached hydrogens (tertiary/aromatic N) is 1. The third-order valence-electron chi connectivity index (χ3n) is 3.95. The van der Waals surface area contributed by atoms with Gasteiger partial charge in [0.15, 0.2) is 0 Å². The van der Waals surface area contributed by atoms with Gasteiger partial charge in [0.1, 0.15) is 0 Å². The summed E-state index contributed by atoms with van der Waals surface area (Å²) < 4.78 is 0. The molecule has 1 aliphatic heterocycles. The van der Waals surface area contributed by atoms with E-state index < -0.39 is 0 Å². The first kappa shape index (κ1) is 11.4. The van der Waals surface area contributed by atoms with Gasteiger partial charge in [-0.05, 0) is 25.7 Å². The van der Waals surface area contributed by atoms with Crippen molar-refractivity contribution in [1.29, 1.82) is 0 Å². The Kier molecular flexibility index (Phi) is 4.00. The van der Waals surface area contributed by atoms with E-state index in [1.807, 2.05) is 0 Å². The first-order valence-electron chi connectivity index (χ1n) is 6.57. The molecule has 2 aliphatic rings. The van der Waals surface area contributed by atoms with Gasteiger partial charge >= 0.3 is 0 Å². The first-order chi connectivity index (χ1) is 7.35. The van der Waals surface area contributed by atoms with Crippen molar-refractivity contribution in [3.63, 3.8) is 0 Å². The van der Waals surface area contributed by atoms with E-state index in [4.69, 9.17) is 5.73 Å². The van der Waals surface area contributed by atoms with Crippen LogP contribution in [0.4, 0.5) is 0 Å². The average molecular weight is 211 g/mol. The van der Waals surface area contributed by atoms with Gasteiger partial charge in [-0.2, -0.15) is 0 Å². The summed E-state index contributed by atoms with van der Waals surface area (Å²) in [5.41, 5.74) is 9.93. The summed E-state index contributed by atoms with van der Waals surface area (Å²) in [6.45, 7) is 3.22. The molecular weight excluding hydrogens is 186 g/mol. The maximum Gasteiger partial charge on any atom is 0.0448 e. The van der Waals surface area contributed by atoms with Crippen LogP contribution >= 0.6 is 0 Å². The summed E-state index contributed by atoms with van der Waals surface area (Å²) >= 11 is 0. The van der Waals surface area contributed by atoms with E-state index in [1.165, 1.54) is 64.5 Å². The van der Waals surface area contributed by atoms with E-state index in [0.29, 0.717) is 0 Å². The highest BCUT2D eigenvalue weighted by Gasteiger charge is 2.32. The van der Waals surface area contributed by atoms with Crippen LogP contribution < -0.4 is 11.2 Å². The molecule has 1 saturated heterocycles. The standard InChI is InChI=1S/C12H25N3/c13-11-12(7-3-1-4-8-12)14-15-9-5-2-6-10-15/h14H,1-11,13H2. The third-order valence-corrected chi connectivity index (χ3v) is 3.95. The van der Waals surface area contributed by atoms with Crippen LogP contribution in [-0.4, -0.2) is 30.2 Å². The van der Waals surface area contributed by atoms with Gasteiger partial charge in [0.05, 0.1) is 0 Å². The Hall–Kier alpha value is -0.120. The van der Waals surface area contributed by atoms with Gasteiger partial charge in [-0.15, -0.1) is 0 Å². The summed E-state index contributed by atoms with van der Waals surface area (Å²) in [7, 11) is 0. The second-order valence-corrected chi connectivity index (χ2v) is 5.20. The Morgan fingerprint density at radius 1 is 0.933 bits per heavy atom. The molecule has 0 aromatic carbocycles. The van der Waals surface area contributed by atoms with Gasteiger partial charge in [-0.25, -0.2) is 10.4 Å². The van der Waals surface area contributed by atoms with E-state index in [2.05, 4.69) is 10.4 Å².